The molecule has 1 amide bonds. The van der Waals surface area contributed by atoms with E-state index in [9.17, 15) is 23.1 Å². The highest BCUT2D eigenvalue weighted by Crippen LogP contribution is 2.36. The van der Waals surface area contributed by atoms with Gasteiger partial charge in [0.15, 0.2) is 0 Å². The number of carboxylic acids is 1. The fourth-order valence-electron chi connectivity index (χ4n) is 3.73. The highest BCUT2D eigenvalue weighted by molar-refractivity contribution is 7.89. The number of carbonyl (C=O) groups is 2. The lowest BCUT2D eigenvalue weighted by molar-refractivity contribution is -0.143. The van der Waals surface area contributed by atoms with Crippen LogP contribution in [-0.4, -0.2) is 47.8 Å². The monoisotopic (exact) mass is 518 g/mol. The van der Waals surface area contributed by atoms with Crippen LogP contribution >= 0.6 is 34.8 Å². The van der Waals surface area contributed by atoms with E-state index in [1.807, 2.05) is 0 Å². The number of nitrogens with zero attached hydrogens (tertiary/aromatic N) is 1. The van der Waals surface area contributed by atoms with Crippen LogP contribution in [-0.2, 0) is 26.0 Å². The van der Waals surface area contributed by atoms with E-state index in [1.165, 1.54) is 25.1 Å². The maximum absolute atomic E-state index is 13.3. The zero-order chi connectivity index (χ0) is 23.7. The predicted octanol–water partition coefficient (Wildman–Crippen LogP) is 4.00. The minimum absolute atomic E-state index is 0.0188. The molecule has 0 radical (unpaired) electrons. The van der Waals surface area contributed by atoms with Crippen LogP contribution in [0.4, 0.5) is 0 Å². The first kappa shape index (κ1) is 24.8. The van der Waals surface area contributed by atoms with E-state index in [-0.39, 0.29) is 34.3 Å². The van der Waals surface area contributed by atoms with Gasteiger partial charge < -0.3 is 10.4 Å². The highest BCUT2D eigenvalue weighted by atomic mass is 35.5. The molecule has 7 nitrogen and oxygen atoms in total. The van der Waals surface area contributed by atoms with E-state index in [0.29, 0.717) is 17.0 Å². The largest absolute Gasteiger partial charge is 0.480 e. The molecule has 1 heterocycles. The average molecular weight is 520 g/mol. The lowest BCUT2D eigenvalue weighted by atomic mass is 9.97. The second-order valence-corrected chi connectivity index (χ2v) is 10.9. The van der Waals surface area contributed by atoms with Crippen LogP contribution in [0.15, 0.2) is 47.4 Å². The van der Waals surface area contributed by atoms with Gasteiger partial charge >= 0.3 is 5.97 Å². The van der Waals surface area contributed by atoms with Crippen molar-refractivity contribution < 1.29 is 23.1 Å². The topological polar surface area (TPSA) is 104 Å². The molecule has 2 atom stereocenters. The van der Waals surface area contributed by atoms with Gasteiger partial charge in [-0.3, -0.25) is 4.79 Å². The number of hydrogen-bond donors (Lipinski definition) is 2. The Morgan fingerprint density at radius 1 is 1.09 bits per heavy atom. The summed E-state index contributed by atoms with van der Waals surface area (Å²) in [5.41, 5.74) is -0.807. The van der Waals surface area contributed by atoms with Crippen LogP contribution in [0.25, 0.3) is 0 Å². The molecule has 0 bridgehead atoms. The molecule has 1 aliphatic heterocycles. The number of nitrogens with one attached hydrogen (secondary N) is 1. The Kier molecular flexibility index (Phi) is 7.41. The maximum atomic E-state index is 13.3. The van der Waals surface area contributed by atoms with Crippen molar-refractivity contribution >= 4 is 56.7 Å². The number of halogens is 3. The summed E-state index contributed by atoms with van der Waals surface area (Å²) in [6.07, 6.45) is 0.691. The molecule has 172 valence electrons. The molecule has 0 unspecified atom stereocenters. The van der Waals surface area contributed by atoms with Crippen molar-refractivity contribution in [1.82, 2.24) is 9.62 Å². The number of benzene rings is 2. The Labute approximate surface area is 201 Å². The number of sulfonamides is 1. The number of rotatable bonds is 7. The molecule has 1 fully saturated rings. The summed E-state index contributed by atoms with van der Waals surface area (Å²) in [6, 6.07) is 9.28. The quantitative estimate of drug-likeness (QED) is 0.575. The first-order valence-electron chi connectivity index (χ1n) is 9.70. The summed E-state index contributed by atoms with van der Waals surface area (Å²) in [5, 5.41) is 12.9. The summed E-state index contributed by atoms with van der Waals surface area (Å²) >= 11 is 17.8. The molecule has 0 aliphatic carbocycles. The van der Waals surface area contributed by atoms with Crippen LogP contribution < -0.4 is 5.32 Å². The van der Waals surface area contributed by atoms with Gasteiger partial charge in [-0.1, -0.05) is 46.9 Å². The summed E-state index contributed by atoms with van der Waals surface area (Å²) in [7, 11) is -4.11. The first-order chi connectivity index (χ1) is 14.9. The Hall–Kier alpha value is -1.84. The average Bonchev–Trinajstić information content (AvgIpc) is 3.12. The Morgan fingerprint density at radius 2 is 1.69 bits per heavy atom. The Morgan fingerprint density at radius 3 is 2.25 bits per heavy atom. The third kappa shape index (κ3) is 5.21. The summed E-state index contributed by atoms with van der Waals surface area (Å²) in [5.74, 6) is -1.92. The van der Waals surface area contributed by atoms with Crippen LogP contribution in [0.3, 0.4) is 0 Å². The van der Waals surface area contributed by atoms with Crippen molar-refractivity contribution in [3.05, 3.63) is 63.1 Å². The van der Waals surface area contributed by atoms with Crippen LogP contribution in [0, 0.1) is 0 Å². The fourth-order valence-corrected chi connectivity index (χ4v) is 6.39. The van der Waals surface area contributed by atoms with Crippen molar-refractivity contribution in [2.45, 2.75) is 42.7 Å². The summed E-state index contributed by atoms with van der Waals surface area (Å²) in [6.45, 7) is 1.59. The van der Waals surface area contributed by atoms with E-state index < -0.39 is 33.5 Å². The van der Waals surface area contributed by atoms with Crippen molar-refractivity contribution in [3.8, 4) is 0 Å². The molecular weight excluding hydrogens is 499 g/mol. The van der Waals surface area contributed by atoms with Gasteiger partial charge in [0.25, 0.3) is 0 Å². The van der Waals surface area contributed by atoms with Gasteiger partial charge in [0, 0.05) is 28.0 Å². The minimum Gasteiger partial charge on any atom is -0.480 e. The SMILES string of the molecule is C[C@@]1(C(=O)N[C@@H](Cc2ccc(Cl)cc2)C(=O)O)CCCN1S(=O)(=O)c1cc(Cl)cc(Cl)c1. The Bertz CT molecular complexity index is 1120. The van der Waals surface area contributed by atoms with E-state index in [0.717, 1.165) is 4.31 Å². The molecular formula is C21H21Cl3N2O5S. The molecule has 2 aromatic rings. The number of amides is 1. The van der Waals surface area contributed by atoms with E-state index >= 15 is 0 Å². The molecule has 32 heavy (non-hydrogen) atoms. The van der Waals surface area contributed by atoms with E-state index in [4.69, 9.17) is 34.8 Å². The standard InChI is InChI=1S/C21H21Cl3N2O5S/c1-21(20(29)25-18(19(27)28)9-13-3-5-14(22)6-4-13)7-2-8-26(21)32(30,31)17-11-15(23)10-16(24)12-17/h3-6,10-12,18H,2,7-9H2,1H3,(H,25,29)(H,27,28)/t18-,21-/m0/s1. The van der Waals surface area contributed by atoms with Gasteiger partial charge in [-0.25, -0.2) is 13.2 Å². The van der Waals surface area contributed by atoms with Crippen molar-refractivity contribution in [1.29, 1.82) is 0 Å². The van der Waals surface area contributed by atoms with Gasteiger partial charge in [-0.05, 0) is 55.7 Å². The van der Waals surface area contributed by atoms with E-state index in [1.54, 1.807) is 24.3 Å². The number of hydrogen-bond acceptors (Lipinski definition) is 4. The van der Waals surface area contributed by atoms with Crippen molar-refractivity contribution in [2.24, 2.45) is 0 Å². The summed E-state index contributed by atoms with van der Waals surface area (Å²) < 4.78 is 27.7. The molecule has 0 spiro atoms. The third-order valence-corrected chi connectivity index (χ3v) is 8.13. The molecule has 2 N–H and O–H groups in total. The second-order valence-electron chi connectivity index (χ2n) is 7.75. The predicted molar refractivity (Wildman–Crippen MR) is 123 cm³/mol. The normalized spacial score (nSPS) is 20.1. The molecule has 11 heteroatoms. The van der Waals surface area contributed by atoms with Gasteiger partial charge in [-0.15, -0.1) is 0 Å². The van der Waals surface area contributed by atoms with Gasteiger partial charge in [-0.2, -0.15) is 4.31 Å². The molecule has 1 saturated heterocycles. The minimum atomic E-state index is -4.11. The molecule has 1 aliphatic rings. The maximum Gasteiger partial charge on any atom is 0.326 e. The lowest BCUT2D eigenvalue weighted by Gasteiger charge is -2.34. The van der Waals surface area contributed by atoms with Gasteiger partial charge in [0.1, 0.15) is 11.6 Å². The first-order valence-corrected chi connectivity index (χ1v) is 12.3. The zero-order valence-electron chi connectivity index (χ0n) is 17.0. The highest BCUT2D eigenvalue weighted by Gasteiger charge is 2.50. The van der Waals surface area contributed by atoms with Crippen LogP contribution in [0.5, 0.6) is 0 Å². The number of carbonyl (C=O) groups excluding carboxylic acids is 1. The molecule has 0 saturated carbocycles. The fraction of sp³-hybridized carbons (Fsp3) is 0.333. The molecule has 0 aromatic heterocycles. The number of aliphatic carboxylic acids is 1. The van der Waals surface area contributed by atoms with Crippen LogP contribution in [0.2, 0.25) is 15.1 Å². The smallest absolute Gasteiger partial charge is 0.326 e. The van der Waals surface area contributed by atoms with Crippen molar-refractivity contribution in [2.75, 3.05) is 6.54 Å². The number of carboxylic acid groups (broad SMARTS) is 1. The van der Waals surface area contributed by atoms with Gasteiger partial charge in [0.05, 0.1) is 4.90 Å². The second kappa shape index (κ2) is 9.57. The molecule has 2 aromatic carbocycles. The van der Waals surface area contributed by atoms with Crippen LogP contribution in [0.1, 0.15) is 25.3 Å². The van der Waals surface area contributed by atoms with E-state index in [2.05, 4.69) is 5.32 Å². The molecule has 3 rings (SSSR count). The summed E-state index contributed by atoms with van der Waals surface area (Å²) in [4.78, 5) is 24.9. The zero-order valence-corrected chi connectivity index (χ0v) is 20.1. The Balaban J connectivity index is 1.86. The lowest BCUT2D eigenvalue weighted by Crippen LogP contribution is -2.58. The van der Waals surface area contributed by atoms with Gasteiger partial charge in [0.2, 0.25) is 15.9 Å². The van der Waals surface area contributed by atoms with Crippen molar-refractivity contribution in [3.63, 3.8) is 0 Å². The third-order valence-electron chi connectivity index (χ3n) is 5.44.